The van der Waals surface area contributed by atoms with Gasteiger partial charge in [0, 0.05) is 11.3 Å². The summed E-state index contributed by atoms with van der Waals surface area (Å²) >= 11 is 8.63. The van der Waals surface area contributed by atoms with Gasteiger partial charge in [-0.3, -0.25) is 0 Å². The van der Waals surface area contributed by atoms with Crippen LogP contribution in [-0.4, -0.2) is 14.9 Å². The van der Waals surface area contributed by atoms with Crippen LogP contribution in [0.3, 0.4) is 0 Å². The summed E-state index contributed by atoms with van der Waals surface area (Å²) in [4.78, 5) is 0. The summed E-state index contributed by atoms with van der Waals surface area (Å²) in [6.07, 6.45) is 0. The van der Waals surface area contributed by atoms with E-state index in [2.05, 4.69) is 29.3 Å². The van der Waals surface area contributed by atoms with Crippen molar-refractivity contribution in [3.8, 4) is 5.69 Å². The van der Waals surface area contributed by atoms with Gasteiger partial charge in [-0.05, 0) is 50.7 Å². The van der Waals surface area contributed by atoms with Crippen molar-refractivity contribution in [2.45, 2.75) is 30.9 Å². The van der Waals surface area contributed by atoms with Crippen molar-refractivity contribution in [2.24, 2.45) is 0 Å². The zero-order valence-electron chi connectivity index (χ0n) is 12.5. The van der Waals surface area contributed by atoms with Gasteiger partial charge in [0.2, 0.25) is 0 Å². The Labute approximate surface area is 142 Å². The normalized spacial score (nSPS) is 11.0. The highest BCUT2D eigenvalue weighted by Crippen LogP contribution is 2.29. The predicted molar refractivity (Wildman–Crippen MR) is 92.6 cm³/mol. The van der Waals surface area contributed by atoms with Gasteiger partial charge in [-0.2, -0.15) is 0 Å². The van der Waals surface area contributed by atoms with E-state index in [1.807, 2.05) is 30.7 Å². The highest BCUT2D eigenvalue weighted by atomic mass is 32.2. The molecule has 0 aliphatic rings. The minimum atomic E-state index is 0.756. The molecule has 0 saturated carbocycles. The topological polar surface area (TPSA) is 43.9 Å². The minimum absolute atomic E-state index is 0.756. The number of hydrogen-bond donors (Lipinski definition) is 0. The van der Waals surface area contributed by atoms with Gasteiger partial charge in [0.15, 0.2) is 8.29 Å². The molecule has 0 fully saturated rings. The van der Waals surface area contributed by atoms with Crippen LogP contribution >= 0.6 is 35.3 Å². The zero-order valence-corrected chi connectivity index (χ0v) is 14.9. The van der Waals surface area contributed by atoms with Crippen LogP contribution in [0.1, 0.15) is 22.6 Å². The number of thioether (sulfide) groups is 1. The van der Waals surface area contributed by atoms with Crippen molar-refractivity contribution in [1.82, 2.24) is 14.9 Å². The number of rotatable bonds is 4. The highest BCUT2D eigenvalue weighted by Gasteiger charge is 2.12. The third-order valence-electron chi connectivity index (χ3n) is 3.30. The third-order valence-corrected chi connectivity index (χ3v) is 5.69. The molecule has 3 rings (SSSR count). The molecule has 0 unspecified atom stereocenters. The summed E-state index contributed by atoms with van der Waals surface area (Å²) in [5, 5.41) is 8.60. The smallest absolute Gasteiger partial charge is 0.184 e. The van der Waals surface area contributed by atoms with Gasteiger partial charge in [-0.25, -0.2) is 4.68 Å². The molecule has 0 bridgehead atoms. The van der Waals surface area contributed by atoms with Gasteiger partial charge in [-0.15, -0.1) is 5.10 Å². The lowest BCUT2D eigenvalue weighted by Gasteiger charge is -2.01. The van der Waals surface area contributed by atoms with Crippen LogP contribution < -0.4 is 0 Å². The molecule has 0 aliphatic carbocycles. The second-order valence-electron chi connectivity index (χ2n) is 4.98. The molecule has 0 amide bonds. The summed E-state index contributed by atoms with van der Waals surface area (Å²) in [5.74, 6) is 1.66. The Morgan fingerprint density at radius 3 is 2.82 bits per heavy atom. The fraction of sp³-hybridized carbons (Fsp3) is 0.267. The Bertz CT molecular complexity index is 844. The van der Waals surface area contributed by atoms with Gasteiger partial charge in [0.25, 0.3) is 0 Å². The van der Waals surface area contributed by atoms with E-state index in [9.17, 15) is 0 Å². The Morgan fingerprint density at radius 1 is 1.32 bits per heavy atom. The molecular formula is C15H15N3OS3. The van der Waals surface area contributed by atoms with Crippen molar-refractivity contribution in [3.63, 3.8) is 0 Å². The second kappa shape index (κ2) is 6.36. The number of aromatic nitrogens is 3. The van der Waals surface area contributed by atoms with Gasteiger partial charge in [-0.1, -0.05) is 40.4 Å². The molecule has 3 aromatic rings. The van der Waals surface area contributed by atoms with Crippen molar-refractivity contribution >= 4 is 35.3 Å². The Balaban J connectivity index is 1.82. The lowest BCUT2D eigenvalue weighted by Crippen LogP contribution is -1.96. The van der Waals surface area contributed by atoms with Crippen molar-refractivity contribution in [3.05, 3.63) is 50.8 Å². The van der Waals surface area contributed by atoms with Crippen LogP contribution in [0.2, 0.25) is 0 Å². The Hall–Kier alpha value is -1.44. The monoisotopic (exact) mass is 349 g/mol. The average molecular weight is 350 g/mol. The number of hydrogen-bond acceptors (Lipinski definition) is 6. The molecule has 0 radical (unpaired) electrons. The summed E-state index contributed by atoms with van der Waals surface area (Å²) in [7, 11) is 0. The van der Waals surface area contributed by atoms with E-state index in [4.69, 9.17) is 16.7 Å². The van der Waals surface area contributed by atoms with Gasteiger partial charge >= 0.3 is 0 Å². The van der Waals surface area contributed by atoms with Crippen LogP contribution in [0.15, 0.2) is 33.1 Å². The average Bonchev–Trinajstić information content (AvgIpc) is 3.00. The van der Waals surface area contributed by atoms with E-state index in [-0.39, 0.29) is 0 Å². The van der Waals surface area contributed by atoms with E-state index in [0.29, 0.717) is 0 Å². The lowest BCUT2D eigenvalue weighted by atomic mass is 10.2. The number of aryl methyl sites for hydroxylation is 3. The van der Waals surface area contributed by atoms with Crippen LogP contribution in [0, 0.1) is 24.7 Å². The molecule has 0 aliphatic heterocycles. The molecule has 1 aromatic carbocycles. The van der Waals surface area contributed by atoms with Crippen LogP contribution in [-0.2, 0) is 5.75 Å². The maximum Gasteiger partial charge on any atom is 0.184 e. The first-order valence-corrected chi connectivity index (χ1v) is 8.97. The molecule has 114 valence electrons. The summed E-state index contributed by atoms with van der Waals surface area (Å²) < 4.78 is 8.72. The summed E-state index contributed by atoms with van der Waals surface area (Å²) in [6.45, 7) is 5.95. The summed E-state index contributed by atoms with van der Waals surface area (Å²) in [6, 6.07) is 8.18. The largest absolute Gasteiger partial charge is 0.361 e. The minimum Gasteiger partial charge on any atom is -0.361 e. The first-order valence-electron chi connectivity index (χ1n) is 6.76. The maximum absolute atomic E-state index is 5.44. The first kappa shape index (κ1) is 15.5. The molecule has 0 N–H and O–H groups in total. The molecule has 4 nitrogen and oxygen atoms in total. The van der Waals surface area contributed by atoms with Gasteiger partial charge in [0.1, 0.15) is 5.76 Å². The van der Waals surface area contributed by atoms with Crippen LogP contribution in [0.4, 0.5) is 0 Å². The second-order valence-corrected chi connectivity index (χ2v) is 7.82. The number of nitrogens with zero attached hydrogens (tertiary/aromatic N) is 3. The van der Waals surface area contributed by atoms with Crippen LogP contribution in [0.5, 0.6) is 0 Å². The molecular weight excluding hydrogens is 334 g/mol. The molecule has 2 aromatic heterocycles. The fourth-order valence-electron chi connectivity index (χ4n) is 2.08. The molecule has 0 spiro atoms. The molecule has 0 saturated heterocycles. The summed E-state index contributed by atoms with van der Waals surface area (Å²) in [5.41, 5.74) is 4.27. The highest BCUT2D eigenvalue weighted by molar-refractivity contribution is 8.00. The van der Waals surface area contributed by atoms with E-state index < -0.39 is 0 Å². The van der Waals surface area contributed by atoms with E-state index in [1.165, 1.54) is 16.9 Å². The quantitative estimate of drug-likeness (QED) is 0.497. The van der Waals surface area contributed by atoms with E-state index >= 15 is 0 Å². The molecule has 0 atom stereocenters. The van der Waals surface area contributed by atoms with Crippen molar-refractivity contribution < 1.29 is 4.52 Å². The molecule has 2 heterocycles. The van der Waals surface area contributed by atoms with Gasteiger partial charge < -0.3 is 4.52 Å². The van der Waals surface area contributed by atoms with Crippen molar-refractivity contribution in [1.29, 1.82) is 0 Å². The molecule has 22 heavy (non-hydrogen) atoms. The Morgan fingerprint density at radius 2 is 2.14 bits per heavy atom. The fourth-order valence-corrected chi connectivity index (χ4v) is 4.60. The Kier molecular flexibility index (Phi) is 4.46. The zero-order chi connectivity index (χ0) is 15.7. The standard InChI is InChI=1S/C15H15N3OS3/c1-9-5-4-6-12(7-9)18-15(20)22-14(16-18)21-8-13-10(2)17-19-11(13)3/h4-7H,8H2,1-3H3. The first-order chi connectivity index (χ1) is 10.5. The number of benzene rings is 1. The lowest BCUT2D eigenvalue weighted by molar-refractivity contribution is 0.392. The van der Waals surface area contributed by atoms with Gasteiger partial charge in [0.05, 0.1) is 11.4 Å². The van der Waals surface area contributed by atoms with E-state index in [1.54, 1.807) is 11.8 Å². The SMILES string of the molecule is Cc1cccc(-n2nc(SCc3c(C)noc3C)sc2=S)c1. The maximum atomic E-state index is 5.44. The molecule has 7 heteroatoms. The van der Waals surface area contributed by atoms with E-state index in [0.717, 1.165) is 36.8 Å². The van der Waals surface area contributed by atoms with Crippen molar-refractivity contribution in [2.75, 3.05) is 0 Å². The third kappa shape index (κ3) is 3.16. The predicted octanol–water partition coefficient (Wildman–Crippen LogP) is 4.87. The van der Waals surface area contributed by atoms with Crippen LogP contribution in [0.25, 0.3) is 5.69 Å².